The summed E-state index contributed by atoms with van der Waals surface area (Å²) in [5.41, 5.74) is 4.35. The smallest absolute Gasteiger partial charge is 0.227 e. The van der Waals surface area contributed by atoms with Crippen molar-refractivity contribution in [2.45, 2.75) is 19.4 Å². The fraction of sp³-hybridized carbons (Fsp3) is 0.292. The van der Waals surface area contributed by atoms with Crippen LogP contribution in [0.5, 0.6) is 0 Å². The van der Waals surface area contributed by atoms with Crippen molar-refractivity contribution in [1.82, 2.24) is 20.2 Å². The van der Waals surface area contributed by atoms with E-state index in [0.717, 1.165) is 43.6 Å². The summed E-state index contributed by atoms with van der Waals surface area (Å²) in [4.78, 5) is 23.4. The van der Waals surface area contributed by atoms with Crippen LogP contribution in [0.25, 0.3) is 11.1 Å². The van der Waals surface area contributed by atoms with Gasteiger partial charge in [0, 0.05) is 44.9 Å². The third kappa shape index (κ3) is 4.35. The summed E-state index contributed by atoms with van der Waals surface area (Å²) in [6.45, 7) is 2.54. The number of hydrogen-bond acceptors (Lipinski definition) is 4. The van der Waals surface area contributed by atoms with E-state index in [2.05, 4.69) is 44.5 Å². The van der Waals surface area contributed by atoms with Crippen molar-refractivity contribution < 1.29 is 4.79 Å². The van der Waals surface area contributed by atoms with E-state index in [1.807, 2.05) is 36.7 Å². The highest BCUT2D eigenvalue weighted by atomic mass is 16.2. The summed E-state index contributed by atoms with van der Waals surface area (Å²) < 4.78 is 0. The zero-order valence-electron chi connectivity index (χ0n) is 16.7. The van der Waals surface area contributed by atoms with Crippen molar-refractivity contribution >= 4 is 5.91 Å². The van der Waals surface area contributed by atoms with Crippen LogP contribution in [0.2, 0.25) is 0 Å². The highest BCUT2D eigenvalue weighted by Crippen LogP contribution is 2.35. The molecule has 4 rings (SSSR count). The van der Waals surface area contributed by atoms with Gasteiger partial charge in [0.05, 0.1) is 5.41 Å². The van der Waals surface area contributed by atoms with Gasteiger partial charge in [-0.1, -0.05) is 24.3 Å². The normalized spacial score (nSPS) is 19.2. The number of aromatic nitrogens is 2. The van der Waals surface area contributed by atoms with E-state index in [4.69, 9.17) is 0 Å². The molecule has 1 saturated heterocycles. The quantitative estimate of drug-likeness (QED) is 0.706. The van der Waals surface area contributed by atoms with Crippen LogP contribution in [0.1, 0.15) is 17.5 Å². The lowest BCUT2D eigenvalue weighted by molar-refractivity contribution is -0.130. The SMILES string of the molecule is CNC(=O)C1(Cc2ccc(-c3ccncc3)cc2)CCN(Cc2ccncc2)C1. The number of carbonyl (C=O) groups excluding carboxylic acids is 1. The first kappa shape index (κ1) is 19.3. The van der Waals surface area contributed by atoms with Crippen LogP contribution < -0.4 is 5.32 Å². The minimum Gasteiger partial charge on any atom is -0.359 e. The van der Waals surface area contributed by atoms with Gasteiger partial charge in [-0.2, -0.15) is 0 Å². The van der Waals surface area contributed by atoms with E-state index in [-0.39, 0.29) is 11.3 Å². The molecule has 1 aliphatic heterocycles. The van der Waals surface area contributed by atoms with Crippen molar-refractivity contribution in [3.05, 3.63) is 84.4 Å². The average Bonchev–Trinajstić information content (AvgIpc) is 3.18. The van der Waals surface area contributed by atoms with Gasteiger partial charge in [0.1, 0.15) is 0 Å². The van der Waals surface area contributed by atoms with E-state index in [1.165, 1.54) is 11.1 Å². The number of hydrogen-bond donors (Lipinski definition) is 1. The first-order chi connectivity index (χ1) is 14.2. The van der Waals surface area contributed by atoms with E-state index >= 15 is 0 Å². The minimum atomic E-state index is -0.389. The van der Waals surface area contributed by atoms with E-state index < -0.39 is 0 Å². The molecule has 1 N–H and O–H groups in total. The topological polar surface area (TPSA) is 58.1 Å². The maximum atomic E-state index is 12.9. The van der Waals surface area contributed by atoms with Gasteiger partial charge >= 0.3 is 0 Å². The van der Waals surface area contributed by atoms with Crippen LogP contribution in [-0.2, 0) is 17.8 Å². The Bertz CT molecular complexity index is 944. The second kappa shape index (κ2) is 8.53. The number of rotatable bonds is 6. The minimum absolute atomic E-state index is 0.132. The van der Waals surface area contributed by atoms with Gasteiger partial charge < -0.3 is 5.32 Å². The van der Waals surface area contributed by atoms with E-state index in [9.17, 15) is 4.79 Å². The molecule has 1 aliphatic rings. The molecule has 148 valence electrons. The van der Waals surface area contributed by atoms with Crippen LogP contribution in [0.4, 0.5) is 0 Å². The first-order valence-corrected chi connectivity index (χ1v) is 10.0. The summed E-state index contributed by atoms with van der Waals surface area (Å²) in [5, 5.41) is 2.91. The van der Waals surface area contributed by atoms with Crippen LogP contribution in [0.15, 0.2) is 73.3 Å². The van der Waals surface area contributed by atoms with Gasteiger partial charge in [0.15, 0.2) is 0 Å². The number of pyridine rings is 2. The lowest BCUT2D eigenvalue weighted by Gasteiger charge is -2.28. The molecule has 0 aliphatic carbocycles. The number of amides is 1. The molecule has 29 heavy (non-hydrogen) atoms. The zero-order valence-corrected chi connectivity index (χ0v) is 16.7. The highest BCUT2D eigenvalue weighted by Gasteiger charge is 2.43. The molecule has 1 unspecified atom stereocenters. The lowest BCUT2D eigenvalue weighted by atomic mass is 9.79. The van der Waals surface area contributed by atoms with Crippen LogP contribution in [0.3, 0.4) is 0 Å². The Morgan fingerprint density at radius 1 is 0.931 bits per heavy atom. The molecule has 3 aromatic rings. The Morgan fingerprint density at radius 2 is 1.55 bits per heavy atom. The Hall–Kier alpha value is -3.05. The predicted molar refractivity (Wildman–Crippen MR) is 114 cm³/mol. The molecule has 1 fully saturated rings. The molecule has 0 saturated carbocycles. The average molecular weight is 386 g/mol. The van der Waals surface area contributed by atoms with Crippen LogP contribution >= 0.6 is 0 Å². The molecule has 0 radical (unpaired) electrons. The molecule has 1 atom stereocenters. The molecule has 5 heteroatoms. The Labute approximate surface area is 171 Å². The number of nitrogens with one attached hydrogen (secondary N) is 1. The van der Waals surface area contributed by atoms with Gasteiger partial charge in [-0.15, -0.1) is 0 Å². The standard InChI is InChI=1S/C24H26N4O/c1-25-23(29)24(10-15-28(18-24)17-20-6-11-26-12-7-20)16-19-2-4-21(5-3-19)22-8-13-27-14-9-22/h2-9,11-14H,10,15-18H2,1H3,(H,25,29). The molecule has 5 nitrogen and oxygen atoms in total. The monoisotopic (exact) mass is 386 g/mol. The maximum Gasteiger partial charge on any atom is 0.227 e. The Morgan fingerprint density at radius 3 is 2.21 bits per heavy atom. The van der Waals surface area contributed by atoms with Crippen molar-refractivity contribution in [3.63, 3.8) is 0 Å². The zero-order chi connectivity index (χ0) is 20.1. The van der Waals surface area contributed by atoms with Gasteiger partial charge in [-0.05, 0) is 65.9 Å². The van der Waals surface area contributed by atoms with Crippen LogP contribution in [0, 0.1) is 5.41 Å². The summed E-state index contributed by atoms with van der Waals surface area (Å²) in [7, 11) is 1.74. The van der Waals surface area contributed by atoms with Gasteiger partial charge in [0.25, 0.3) is 0 Å². The van der Waals surface area contributed by atoms with E-state index in [0.29, 0.717) is 0 Å². The summed E-state index contributed by atoms with van der Waals surface area (Å²) in [6, 6.07) is 16.6. The molecule has 0 spiro atoms. The van der Waals surface area contributed by atoms with Gasteiger partial charge in [-0.3, -0.25) is 19.7 Å². The number of benzene rings is 1. The van der Waals surface area contributed by atoms with Crippen molar-refractivity contribution in [2.75, 3.05) is 20.1 Å². The second-order valence-electron chi connectivity index (χ2n) is 7.79. The largest absolute Gasteiger partial charge is 0.359 e. The first-order valence-electron chi connectivity index (χ1n) is 10.0. The molecular formula is C24H26N4O. The van der Waals surface area contributed by atoms with Gasteiger partial charge in [0.2, 0.25) is 5.91 Å². The van der Waals surface area contributed by atoms with Crippen LogP contribution in [-0.4, -0.2) is 40.9 Å². The molecule has 2 aromatic heterocycles. The van der Waals surface area contributed by atoms with Gasteiger partial charge in [-0.25, -0.2) is 0 Å². The Kier molecular flexibility index (Phi) is 5.67. The summed E-state index contributed by atoms with van der Waals surface area (Å²) >= 11 is 0. The summed E-state index contributed by atoms with van der Waals surface area (Å²) in [5.74, 6) is 0.132. The highest BCUT2D eigenvalue weighted by molar-refractivity contribution is 5.83. The van der Waals surface area contributed by atoms with Crippen molar-refractivity contribution in [1.29, 1.82) is 0 Å². The lowest BCUT2D eigenvalue weighted by Crippen LogP contribution is -2.43. The Balaban J connectivity index is 1.50. The third-order valence-electron chi connectivity index (χ3n) is 5.81. The molecule has 1 amide bonds. The third-order valence-corrected chi connectivity index (χ3v) is 5.81. The summed E-state index contributed by atoms with van der Waals surface area (Å²) in [6.07, 6.45) is 8.86. The molecule has 1 aromatic carbocycles. The fourth-order valence-corrected chi connectivity index (χ4v) is 4.26. The number of nitrogens with zero attached hydrogens (tertiary/aromatic N) is 3. The number of likely N-dealkylation sites (tertiary alicyclic amines) is 1. The van der Waals surface area contributed by atoms with Crippen molar-refractivity contribution in [3.8, 4) is 11.1 Å². The number of carbonyl (C=O) groups is 1. The second-order valence-corrected chi connectivity index (χ2v) is 7.79. The van der Waals surface area contributed by atoms with Crippen molar-refractivity contribution in [2.24, 2.45) is 5.41 Å². The molecule has 3 heterocycles. The fourth-order valence-electron chi connectivity index (χ4n) is 4.26. The maximum absolute atomic E-state index is 12.9. The van der Waals surface area contributed by atoms with E-state index in [1.54, 1.807) is 19.4 Å². The molecular weight excluding hydrogens is 360 g/mol. The predicted octanol–water partition coefficient (Wildman–Crippen LogP) is 3.32. The molecule has 0 bridgehead atoms.